The minimum absolute atomic E-state index is 0.189. The normalized spacial score (nSPS) is 15.2. The van der Waals surface area contributed by atoms with Gasteiger partial charge < -0.3 is 10.2 Å². The molecule has 132 valence electrons. The third kappa shape index (κ3) is 4.63. The molecule has 0 radical (unpaired) electrons. The molecule has 0 aromatic heterocycles. The number of halogens is 3. The van der Waals surface area contributed by atoms with E-state index in [9.17, 15) is 9.18 Å². The van der Waals surface area contributed by atoms with E-state index >= 15 is 0 Å². The molecule has 1 fully saturated rings. The quantitative estimate of drug-likeness (QED) is 0.850. The second-order valence-corrected chi connectivity index (χ2v) is 6.71. The van der Waals surface area contributed by atoms with Gasteiger partial charge in [0.2, 0.25) is 0 Å². The fourth-order valence-electron chi connectivity index (χ4n) is 2.75. The number of hydrogen-bond acceptors (Lipinski definition) is 2. The average Bonchev–Trinajstić information content (AvgIpc) is 2.61. The van der Waals surface area contributed by atoms with E-state index in [0.29, 0.717) is 28.8 Å². The molecule has 1 saturated heterocycles. The van der Waals surface area contributed by atoms with Crippen molar-refractivity contribution in [2.45, 2.75) is 6.54 Å². The Labute approximate surface area is 156 Å². The molecule has 0 saturated carbocycles. The summed E-state index contributed by atoms with van der Waals surface area (Å²) in [6, 6.07) is 11.5. The van der Waals surface area contributed by atoms with Gasteiger partial charge in [0.1, 0.15) is 5.82 Å². The molecule has 1 aliphatic rings. The van der Waals surface area contributed by atoms with E-state index < -0.39 is 0 Å². The maximum atomic E-state index is 13.0. The first-order valence-electron chi connectivity index (χ1n) is 7.99. The van der Waals surface area contributed by atoms with Crippen LogP contribution in [0.15, 0.2) is 42.5 Å². The van der Waals surface area contributed by atoms with E-state index in [1.165, 1.54) is 12.1 Å². The predicted octanol–water partition coefficient (Wildman–Crippen LogP) is 4.48. The van der Waals surface area contributed by atoms with E-state index in [1.54, 1.807) is 35.2 Å². The fraction of sp³-hybridized carbons (Fsp3) is 0.278. The molecule has 25 heavy (non-hydrogen) atoms. The van der Waals surface area contributed by atoms with Crippen molar-refractivity contribution in [3.63, 3.8) is 0 Å². The molecule has 3 rings (SSSR count). The molecule has 1 N–H and O–H groups in total. The predicted molar refractivity (Wildman–Crippen MR) is 98.7 cm³/mol. The SMILES string of the molecule is O=C(Nc1cccc(Cl)c1Cl)N1CCN(Cc2ccc(F)cc2)CC1. The van der Waals surface area contributed by atoms with Gasteiger partial charge in [0, 0.05) is 32.7 Å². The zero-order valence-electron chi connectivity index (χ0n) is 13.5. The Bertz CT molecular complexity index is 746. The number of piperazine rings is 1. The topological polar surface area (TPSA) is 35.6 Å². The third-order valence-electron chi connectivity index (χ3n) is 4.17. The van der Waals surface area contributed by atoms with Crippen molar-refractivity contribution in [1.29, 1.82) is 0 Å². The van der Waals surface area contributed by atoms with Crippen LogP contribution in [0.1, 0.15) is 5.56 Å². The summed E-state index contributed by atoms with van der Waals surface area (Å²) in [6.07, 6.45) is 0. The summed E-state index contributed by atoms with van der Waals surface area (Å²) in [5, 5.41) is 3.55. The number of carbonyl (C=O) groups excluding carboxylic acids is 1. The van der Waals surface area contributed by atoms with Crippen LogP contribution in [-0.2, 0) is 6.54 Å². The molecule has 0 bridgehead atoms. The van der Waals surface area contributed by atoms with Crippen molar-refractivity contribution < 1.29 is 9.18 Å². The van der Waals surface area contributed by atoms with Gasteiger partial charge in [0.15, 0.2) is 0 Å². The van der Waals surface area contributed by atoms with Gasteiger partial charge in [0.25, 0.3) is 0 Å². The van der Waals surface area contributed by atoms with E-state index in [-0.39, 0.29) is 11.8 Å². The zero-order chi connectivity index (χ0) is 17.8. The first-order valence-corrected chi connectivity index (χ1v) is 8.75. The van der Waals surface area contributed by atoms with Crippen molar-refractivity contribution >= 4 is 34.9 Å². The second kappa shape index (κ2) is 8.04. The maximum Gasteiger partial charge on any atom is 0.321 e. The van der Waals surface area contributed by atoms with Crippen molar-refractivity contribution in [2.75, 3.05) is 31.5 Å². The smallest absolute Gasteiger partial charge is 0.321 e. The lowest BCUT2D eigenvalue weighted by Gasteiger charge is -2.34. The van der Waals surface area contributed by atoms with Gasteiger partial charge >= 0.3 is 6.03 Å². The number of hydrogen-bond donors (Lipinski definition) is 1. The Hall–Kier alpha value is -1.82. The maximum absolute atomic E-state index is 13.0. The van der Waals surface area contributed by atoms with Gasteiger partial charge in [-0.05, 0) is 29.8 Å². The van der Waals surface area contributed by atoms with Gasteiger partial charge in [-0.1, -0.05) is 41.4 Å². The number of urea groups is 1. The summed E-state index contributed by atoms with van der Waals surface area (Å²) >= 11 is 12.1. The average molecular weight is 382 g/mol. The highest BCUT2D eigenvalue weighted by Gasteiger charge is 2.22. The monoisotopic (exact) mass is 381 g/mol. The van der Waals surface area contributed by atoms with Crippen LogP contribution in [0.3, 0.4) is 0 Å². The molecule has 1 heterocycles. The van der Waals surface area contributed by atoms with Gasteiger partial charge in [-0.15, -0.1) is 0 Å². The second-order valence-electron chi connectivity index (χ2n) is 5.92. The highest BCUT2D eigenvalue weighted by molar-refractivity contribution is 6.43. The Kier molecular flexibility index (Phi) is 5.78. The number of rotatable bonds is 3. The van der Waals surface area contributed by atoms with Gasteiger partial charge in [-0.25, -0.2) is 9.18 Å². The van der Waals surface area contributed by atoms with E-state index in [4.69, 9.17) is 23.2 Å². The highest BCUT2D eigenvalue weighted by Crippen LogP contribution is 2.29. The number of carbonyl (C=O) groups is 1. The lowest BCUT2D eigenvalue weighted by Crippen LogP contribution is -2.49. The Morgan fingerprint density at radius 1 is 1.04 bits per heavy atom. The van der Waals surface area contributed by atoms with Crippen LogP contribution < -0.4 is 5.32 Å². The van der Waals surface area contributed by atoms with Crippen LogP contribution in [0, 0.1) is 5.82 Å². The molecule has 1 aliphatic heterocycles. The largest absolute Gasteiger partial charge is 0.322 e. The summed E-state index contributed by atoms with van der Waals surface area (Å²) in [7, 11) is 0. The van der Waals surface area contributed by atoms with Crippen LogP contribution in [0.4, 0.5) is 14.9 Å². The van der Waals surface area contributed by atoms with Crippen LogP contribution in [-0.4, -0.2) is 42.0 Å². The fourth-order valence-corrected chi connectivity index (χ4v) is 3.10. The van der Waals surface area contributed by atoms with Crippen molar-refractivity contribution in [1.82, 2.24) is 9.80 Å². The Morgan fingerprint density at radius 2 is 1.72 bits per heavy atom. The van der Waals surface area contributed by atoms with Crippen LogP contribution >= 0.6 is 23.2 Å². The summed E-state index contributed by atoms with van der Waals surface area (Å²) in [5.41, 5.74) is 1.57. The molecule has 4 nitrogen and oxygen atoms in total. The first kappa shape index (κ1) is 18.0. The highest BCUT2D eigenvalue weighted by atomic mass is 35.5. The standard InChI is InChI=1S/C18H18Cl2FN3O/c19-15-2-1-3-16(17(15)20)22-18(25)24-10-8-23(9-11-24)12-13-4-6-14(21)7-5-13/h1-7H,8-12H2,(H,22,25). The molecule has 2 aromatic rings. The number of anilines is 1. The summed E-state index contributed by atoms with van der Waals surface area (Å²) in [4.78, 5) is 16.4. The summed E-state index contributed by atoms with van der Waals surface area (Å²) < 4.78 is 13.0. The summed E-state index contributed by atoms with van der Waals surface area (Å²) in [5.74, 6) is -0.232. The molecule has 7 heteroatoms. The van der Waals surface area contributed by atoms with Gasteiger partial charge in [-0.3, -0.25) is 4.90 Å². The summed E-state index contributed by atoms with van der Waals surface area (Å²) in [6.45, 7) is 3.49. The van der Waals surface area contributed by atoms with E-state index in [2.05, 4.69) is 10.2 Å². The van der Waals surface area contributed by atoms with Gasteiger partial charge in [0.05, 0.1) is 15.7 Å². The van der Waals surface area contributed by atoms with E-state index in [1.807, 2.05) is 0 Å². The van der Waals surface area contributed by atoms with Crippen molar-refractivity contribution in [2.24, 2.45) is 0 Å². The molecule has 0 unspecified atom stereocenters. The molecular formula is C18H18Cl2FN3O. The molecule has 0 spiro atoms. The van der Waals surface area contributed by atoms with E-state index in [0.717, 1.165) is 25.2 Å². The Morgan fingerprint density at radius 3 is 2.40 bits per heavy atom. The van der Waals surface area contributed by atoms with Gasteiger partial charge in [-0.2, -0.15) is 0 Å². The zero-order valence-corrected chi connectivity index (χ0v) is 15.0. The van der Waals surface area contributed by atoms with Crippen molar-refractivity contribution in [3.05, 3.63) is 63.9 Å². The Balaban J connectivity index is 1.52. The number of amides is 2. The molecular weight excluding hydrogens is 364 g/mol. The van der Waals surface area contributed by atoms with Crippen molar-refractivity contribution in [3.8, 4) is 0 Å². The van der Waals surface area contributed by atoms with Crippen LogP contribution in [0.2, 0.25) is 10.0 Å². The minimum Gasteiger partial charge on any atom is -0.322 e. The molecule has 0 aliphatic carbocycles. The third-order valence-corrected chi connectivity index (χ3v) is 4.99. The lowest BCUT2D eigenvalue weighted by atomic mass is 10.2. The molecule has 0 atom stereocenters. The number of nitrogens with zero attached hydrogens (tertiary/aromatic N) is 2. The van der Waals surface area contributed by atoms with Crippen LogP contribution in [0.25, 0.3) is 0 Å². The minimum atomic E-state index is -0.232. The molecule has 2 amide bonds. The lowest BCUT2D eigenvalue weighted by molar-refractivity contribution is 0.143. The number of benzene rings is 2. The first-order chi connectivity index (χ1) is 12.0. The number of nitrogens with one attached hydrogen (secondary N) is 1. The van der Waals surface area contributed by atoms with Crippen LogP contribution in [0.5, 0.6) is 0 Å². The molecule has 2 aromatic carbocycles.